The standard InChI is InChI=1S/C16H11Cl5IN3OS/c17-9-3-6-12(11(18)7-9)23-15(27)25-14(16(19,20)21)24-13(26)8-1-4-10(22)5-2-8/h1-7,14H,(H,24,26)(H2,23,25,27)/t14-/m0/s1. The minimum Gasteiger partial charge on any atom is -0.339 e. The lowest BCUT2D eigenvalue weighted by atomic mass is 10.2. The molecule has 0 saturated heterocycles. The van der Waals surface area contributed by atoms with Gasteiger partial charge in [0.25, 0.3) is 5.91 Å². The minimum absolute atomic E-state index is 0.0958. The van der Waals surface area contributed by atoms with Gasteiger partial charge in [-0.15, -0.1) is 0 Å². The molecule has 144 valence electrons. The number of nitrogens with one attached hydrogen (secondary N) is 3. The van der Waals surface area contributed by atoms with Crippen molar-refractivity contribution in [1.29, 1.82) is 0 Å². The van der Waals surface area contributed by atoms with E-state index in [4.69, 9.17) is 70.2 Å². The Kier molecular flexibility index (Phi) is 8.54. The van der Waals surface area contributed by atoms with Gasteiger partial charge < -0.3 is 16.0 Å². The summed E-state index contributed by atoms with van der Waals surface area (Å²) in [6.45, 7) is 0. The summed E-state index contributed by atoms with van der Waals surface area (Å²) in [5.41, 5.74) is 0.918. The molecule has 0 aliphatic heterocycles. The highest BCUT2D eigenvalue weighted by Gasteiger charge is 2.35. The van der Waals surface area contributed by atoms with Gasteiger partial charge in [-0.25, -0.2) is 0 Å². The third-order valence-electron chi connectivity index (χ3n) is 3.16. The molecule has 0 aromatic heterocycles. The van der Waals surface area contributed by atoms with Crippen LogP contribution in [-0.2, 0) is 0 Å². The molecule has 0 fully saturated rings. The Balaban J connectivity index is 2.08. The molecule has 2 aromatic carbocycles. The lowest BCUT2D eigenvalue weighted by Gasteiger charge is -2.28. The monoisotopic (exact) mass is 595 g/mol. The van der Waals surface area contributed by atoms with E-state index in [9.17, 15) is 4.79 Å². The number of rotatable bonds is 4. The van der Waals surface area contributed by atoms with Gasteiger partial charge in [0, 0.05) is 14.2 Å². The topological polar surface area (TPSA) is 53.2 Å². The Morgan fingerprint density at radius 2 is 1.67 bits per heavy atom. The molecule has 27 heavy (non-hydrogen) atoms. The van der Waals surface area contributed by atoms with Crippen LogP contribution in [0.5, 0.6) is 0 Å². The summed E-state index contributed by atoms with van der Waals surface area (Å²) in [5.74, 6) is -0.428. The van der Waals surface area contributed by atoms with Gasteiger partial charge in [-0.3, -0.25) is 4.79 Å². The summed E-state index contributed by atoms with van der Waals surface area (Å²) in [4.78, 5) is 12.4. The van der Waals surface area contributed by atoms with Crippen LogP contribution in [0.3, 0.4) is 0 Å². The number of amides is 1. The highest BCUT2D eigenvalue weighted by molar-refractivity contribution is 14.1. The average molecular weight is 598 g/mol. The third-order valence-corrected chi connectivity index (χ3v) is 5.31. The van der Waals surface area contributed by atoms with Gasteiger partial charge in [0.15, 0.2) is 5.11 Å². The van der Waals surface area contributed by atoms with Gasteiger partial charge in [-0.2, -0.15) is 0 Å². The van der Waals surface area contributed by atoms with E-state index in [1.165, 1.54) is 0 Å². The maximum atomic E-state index is 12.4. The number of hydrogen-bond donors (Lipinski definition) is 3. The van der Waals surface area contributed by atoms with E-state index in [-0.39, 0.29) is 5.11 Å². The summed E-state index contributed by atoms with van der Waals surface area (Å²) in [5, 5.41) is 9.16. The molecule has 4 nitrogen and oxygen atoms in total. The highest BCUT2D eigenvalue weighted by Crippen LogP contribution is 2.30. The van der Waals surface area contributed by atoms with Crippen molar-refractivity contribution in [3.63, 3.8) is 0 Å². The number of hydrogen-bond acceptors (Lipinski definition) is 2. The molecule has 0 aliphatic rings. The molecule has 1 amide bonds. The second kappa shape index (κ2) is 10.0. The fourth-order valence-electron chi connectivity index (χ4n) is 1.90. The number of thiocarbonyl (C=S) groups is 1. The second-order valence-electron chi connectivity index (χ2n) is 5.18. The van der Waals surface area contributed by atoms with E-state index < -0.39 is 15.9 Å². The predicted octanol–water partition coefficient (Wildman–Crippen LogP) is 6.01. The zero-order valence-electron chi connectivity index (χ0n) is 13.2. The van der Waals surface area contributed by atoms with E-state index in [0.717, 1.165) is 3.57 Å². The number of benzene rings is 2. The van der Waals surface area contributed by atoms with Crippen molar-refractivity contribution in [3.8, 4) is 0 Å². The Hall–Kier alpha value is -0.220. The Morgan fingerprint density at radius 3 is 2.22 bits per heavy atom. The zero-order chi connectivity index (χ0) is 20.2. The number of carbonyl (C=O) groups is 1. The molecule has 0 saturated carbocycles. The van der Waals surface area contributed by atoms with Crippen LogP contribution >= 0.6 is 92.8 Å². The molecular weight excluding hydrogens is 586 g/mol. The summed E-state index contributed by atoms with van der Waals surface area (Å²) < 4.78 is -0.876. The maximum Gasteiger partial charge on any atom is 0.252 e. The second-order valence-corrected chi connectivity index (χ2v) is 10.0. The van der Waals surface area contributed by atoms with Crippen LogP contribution in [0.15, 0.2) is 42.5 Å². The molecule has 0 aliphatic carbocycles. The van der Waals surface area contributed by atoms with Gasteiger partial charge in [0.2, 0.25) is 3.79 Å². The van der Waals surface area contributed by atoms with E-state index in [1.807, 2.05) is 0 Å². The largest absolute Gasteiger partial charge is 0.339 e. The maximum absolute atomic E-state index is 12.4. The molecule has 2 aromatic rings. The van der Waals surface area contributed by atoms with Crippen molar-refractivity contribution in [1.82, 2.24) is 10.6 Å². The van der Waals surface area contributed by atoms with Gasteiger partial charge in [0.05, 0.1) is 10.7 Å². The van der Waals surface area contributed by atoms with Crippen molar-refractivity contribution >= 4 is 110 Å². The minimum atomic E-state index is -1.87. The van der Waals surface area contributed by atoms with Crippen LogP contribution in [0.25, 0.3) is 0 Å². The first-order chi connectivity index (χ1) is 12.6. The number of halogens is 6. The first-order valence-corrected chi connectivity index (χ1v) is 10.6. The van der Waals surface area contributed by atoms with Crippen molar-refractivity contribution in [3.05, 3.63) is 61.6 Å². The quantitative estimate of drug-likeness (QED) is 0.175. The summed E-state index contributed by atoms with van der Waals surface area (Å²) >= 11 is 37.2. The molecule has 11 heteroatoms. The van der Waals surface area contributed by atoms with Gasteiger partial charge in [-0.1, -0.05) is 58.0 Å². The van der Waals surface area contributed by atoms with E-state index in [1.54, 1.807) is 42.5 Å². The van der Waals surface area contributed by atoms with Crippen LogP contribution in [0, 0.1) is 3.57 Å². The van der Waals surface area contributed by atoms with E-state index >= 15 is 0 Å². The smallest absolute Gasteiger partial charge is 0.252 e. The molecule has 0 unspecified atom stereocenters. The van der Waals surface area contributed by atoms with Gasteiger partial charge in [0.1, 0.15) is 6.17 Å². The average Bonchev–Trinajstić information content (AvgIpc) is 2.56. The van der Waals surface area contributed by atoms with Crippen LogP contribution in [-0.4, -0.2) is 21.0 Å². The first-order valence-electron chi connectivity index (χ1n) is 7.22. The number of carbonyl (C=O) groups excluding carboxylic acids is 1. The summed E-state index contributed by atoms with van der Waals surface area (Å²) in [6, 6.07) is 11.8. The van der Waals surface area contributed by atoms with Crippen LogP contribution in [0.2, 0.25) is 10.0 Å². The van der Waals surface area contributed by atoms with Crippen molar-refractivity contribution < 1.29 is 4.79 Å². The van der Waals surface area contributed by atoms with Crippen LogP contribution in [0.4, 0.5) is 5.69 Å². The third kappa shape index (κ3) is 7.27. The van der Waals surface area contributed by atoms with Gasteiger partial charge in [-0.05, 0) is 77.3 Å². The molecule has 1 atom stereocenters. The van der Waals surface area contributed by atoms with Crippen molar-refractivity contribution in [2.45, 2.75) is 9.96 Å². The van der Waals surface area contributed by atoms with E-state index in [0.29, 0.717) is 21.3 Å². The molecule has 2 rings (SSSR count). The van der Waals surface area contributed by atoms with E-state index in [2.05, 4.69) is 38.5 Å². The lowest BCUT2D eigenvalue weighted by molar-refractivity contribution is 0.0934. The van der Waals surface area contributed by atoms with Crippen molar-refractivity contribution in [2.75, 3.05) is 5.32 Å². The summed E-state index contributed by atoms with van der Waals surface area (Å²) in [6.07, 6.45) is -1.10. The number of anilines is 1. The van der Waals surface area contributed by atoms with Crippen LogP contribution < -0.4 is 16.0 Å². The SMILES string of the molecule is O=C(N[C@@H](NC(=S)Nc1ccc(Cl)cc1Cl)C(Cl)(Cl)Cl)c1ccc(I)cc1. The fraction of sp³-hybridized carbons (Fsp3) is 0.125. The lowest BCUT2D eigenvalue weighted by Crippen LogP contribution is -2.56. The number of alkyl halides is 3. The normalized spacial score (nSPS) is 12.2. The van der Waals surface area contributed by atoms with Crippen LogP contribution in [0.1, 0.15) is 10.4 Å². The first kappa shape index (κ1) is 23.1. The molecular formula is C16H11Cl5IN3OS. The molecule has 3 N–H and O–H groups in total. The predicted molar refractivity (Wildman–Crippen MR) is 127 cm³/mol. The Morgan fingerprint density at radius 1 is 1.04 bits per heavy atom. The summed E-state index contributed by atoms with van der Waals surface area (Å²) in [7, 11) is 0. The Labute approximate surface area is 200 Å². The molecule has 0 spiro atoms. The van der Waals surface area contributed by atoms with Gasteiger partial charge >= 0.3 is 0 Å². The zero-order valence-corrected chi connectivity index (χ0v) is 20.0. The fourth-order valence-corrected chi connectivity index (χ4v) is 3.27. The molecule has 0 heterocycles. The highest BCUT2D eigenvalue weighted by atomic mass is 127. The Bertz CT molecular complexity index is 845. The molecule has 0 bridgehead atoms. The van der Waals surface area contributed by atoms with Crippen molar-refractivity contribution in [2.24, 2.45) is 0 Å². The molecule has 0 radical (unpaired) electrons.